The second-order valence-electron chi connectivity index (χ2n) is 5.99. The maximum Gasteiger partial charge on any atom is 0.416 e. The van der Waals surface area contributed by atoms with Crippen molar-refractivity contribution >= 4 is 13.3 Å². The van der Waals surface area contributed by atoms with Crippen LogP contribution in [0, 0.1) is 0 Å². The molecule has 3 aromatic carbocycles. The number of alkyl halides is 6. The van der Waals surface area contributed by atoms with Crippen LogP contribution in [0.25, 0.3) is 22.3 Å². The van der Waals surface area contributed by atoms with Crippen LogP contribution in [-0.4, -0.2) is 7.85 Å². The number of hydrogen-bond acceptors (Lipinski definition) is 0. The summed E-state index contributed by atoms with van der Waals surface area (Å²) in [6.45, 7) is 0. The summed E-state index contributed by atoms with van der Waals surface area (Å²) in [5.41, 5.74) is -0.395. The van der Waals surface area contributed by atoms with Crippen LogP contribution >= 0.6 is 0 Å². The second-order valence-corrected chi connectivity index (χ2v) is 5.99. The largest absolute Gasteiger partial charge is 0.416 e. The normalized spacial score (nSPS) is 12.2. The average Bonchev–Trinajstić information content (AvgIpc) is 2.61. The lowest BCUT2D eigenvalue weighted by Crippen LogP contribution is -2.11. The Labute approximate surface area is 152 Å². The van der Waals surface area contributed by atoms with Crippen molar-refractivity contribution in [1.29, 1.82) is 0 Å². The molecule has 0 fully saturated rings. The molecule has 0 spiro atoms. The Bertz CT molecular complexity index is 906. The summed E-state index contributed by atoms with van der Waals surface area (Å²) in [5, 5.41) is 0. The maximum atomic E-state index is 13.0. The van der Waals surface area contributed by atoms with Gasteiger partial charge in [0.25, 0.3) is 0 Å². The van der Waals surface area contributed by atoms with Gasteiger partial charge in [-0.1, -0.05) is 54.0 Å². The van der Waals surface area contributed by atoms with Gasteiger partial charge in [-0.2, -0.15) is 26.3 Å². The van der Waals surface area contributed by atoms with Crippen LogP contribution in [0.5, 0.6) is 0 Å². The van der Waals surface area contributed by atoms with Crippen molar-refractivity contribution in [2.24, 2.45) is 0 Å². The molecule has 0 amide bonds. The van der Waals surface area contributed by atoms with E-state index in [1.54, 1.807) is 36.4 Å². The number of rotatable bonds is 2. The molecule has 0 saturated carbocycles. The minimum atomic E-state index is -4.88. The summed E-state index contributed by atoms with van der Waals surface area (Å²) in [6, 6.07) is 14.7. The van der Waals surface area contributed by atoms with Crippen LogP contribution in [0.1, 0.15) is 11.1 Å². The zero-order valence-corrected chi connectivity index (χ0v) is 13.7. The van der Waals surface area contributed by atoms with Gasteiger partial charge < -0.3 is 0 Å². The van der Waals surface area contributed by atoms with Crippen LogP contribution in [0.2, 0.25) is 0 Å². The van der Waals surface area contributed by atoms with Gasteiger partial charge >= 0.3 is 12.4 Å². The molecule has 0 saturated heterocycles. The molecule has 0 aliphatic carbocycles. The predicted molar refractivity (Wildman–Crippen MR) is 92.7 cm³/mol. The first-order valence-corrected chi connectivity index (χ1v) is 7.80. The van der Waals surface area contributed by atoms with E-state index in [9.17, 15) is 26.3 Å². The highest BCUT2D eigenvalue weighted by atomic mass is 19.4. The van der Waals surface area contributed by atoms with E-state index in [1.807, 2.05) is 0 Å². The van der Waals surface area contributed by atoms with Gasteiger partial charge in [0.15, 0.2) is 0 Å². The predicted octanol–water partition coefficient (Wildman–Crippen LogP) is 5.85. The van der Waals surface area contributed by atoms with Crippen molar-refractivity contribution in [2.75, 3.05) is 0 Å². The molecule has 0 nitrogen and oxygen atoms in total. The Morgan fingerprint density at radius 3 is 1.19 bits per heavy atom. The fourth-order valence-corrected chi connectivity index (χ4v) is 2.65. The third-order valence-corrected chi connectivity index (χ3v) is 4.05. The molecule has 27 heavy (non-hydrogen) atoms. The summed E-state index contributed by atoms with van der Waals surface area (Å²) in [7, 11) is 5.62. The first-order valence-electron chi connectivity index (χ1n) is 7.80. The van der Waals surface area contributed by atoms with Crippen molar-refractivity contribution in [1.82, 2.24) is 0 Å². The summed E-state index contributed by atoms with van der Waals surface area (Å²) in [4.78, 5) is 0. The molecule has 7 heteroatoms. The number of hydrogen-bond donors (Lipinski definition) is 0. The Balaban J connectivity index is 2.04. The van der Waals surface area contributed by atoms with Crippen molar-refractivity contribution in [3.05, 3.63) is 77.9 Å². The molecule has 3 aromatic rings. The van der Waals surface area contributed by atoms with E-state index in [-0.39, 0.29) is 17.2 Å². The smallest absolute Gasteiger partial charge is 0.166 e. The van der Waals surface area contributed by atoms with Gasteiger partial charge in [-0.15, -0.1) is 0 Å². The van der Waals surface area contributed by atoms with E-state index >= 15 is 0 Å². The molecule has 3 rings (SSSR count). The fraction of sp³-hybridized carbons (Fsp3) is 0.100. The molecular weight excluding hydrogens is 365 g/mol. The van der Waals surface area contributed by atoms with Gasteiger partial charge in [0.05, 0.1) is 11.1 Å². The van der Waals surface area contributed by atoms with E-state index in [2.05, 4.69) is 0 Å². The molecule has 0 bridgehead atoms. The first-order chi connectivity index (χ1) is 12.5. The van der Waals surface area contributed by atoms with E-state index < -0.39 is 23.5 Å². The Hall–Kier alpha value is -2.70. The minimum absolute atomic E-state index is 0.117. The number of halogens is 6. The topological polar surface area (TPSA) is 0 Å². The third kappa shape index (κ3) is 4.35. The van der Waals surface area contributed by atoms with Gasteiger partial charge in [0, 0.05) is 0 Å². The average molecular weight is 376 g/mol. The third-order valence-electron chi connectivity index (χ3n) is 4.05. The lowest BCUT2D eigenvalue weighted by molar-refractivity contribution is -0.143. The second kappa shape index (κ2) is 6.80. The van der Waals surface area contributed by atoms with Crippen LogP contribution in [0.15, 0.2) is 66.7 Å². The highest BCUT2D eigenvalue weighted by molar-refractivity contribution is 6.32. The molecule has 0 unspecified atom stereocenters. The number of benzene rings is 3. The van der Waals surface area contributed by atoms with Gasteiger partial charge in [0.1, 0.15) is 7.85 Å². The molecule has 0 aliphatic heterocycles. The highest BCUT2D eigenvalue weighted by Gasteiger charge is 2.36. The van der Waals surface area contributed by atoms with E-state index in [1.165, 1.54) is 12.1 Å². The van der Waals surface area contributed by atoms with E-state index in [0.29, 0.717) is 17.6 Å². The molecule has 136 valence electrons. The molecule has 0 N–H and O–H groups in total. The molecule has 0 heterocycles. The summed E-state index contributed by atoms with van der Waals surface area (Å²) in [6.07, 6.45) is -9.75. The van der Waals surface area contributed by atoms with Gasteiger partial charge in [0.2, 0.25) is 0 Å². The highest BCUT2D eigenvalue weighted by Crippen LogP contribution is 2.38. The van der Waals surface area contributed by atoms with Crippen molar-refractivity contribution < 1.29 is 26.3 Å². The SMILES string of the molecule is [B]c1ccc(-c2ccc(-c3cc(C(F)(F)F)cc(C(F)(F)F)c3)cc2)cc1. The molecule has 0 atom stereocenters. The Morgan fingerprint density at radius 2 is 0.815 bits per heavy atom. The van der Waals surface area contributed by atoms with E-state index in [4.69, 9.17) is 7.85 Å². The van der Waals surface area contributed by atoms with E-state index in [0.717, 1.165) is 11.1 Å². The van der Waals surface area contributed by atoms with Gasteiger partial charge in [-0.25, -0.2) is 0 Å². The quantitative estimate of drug-likeness (QED) is 0.389. The summed E-state index contributed by atoms with van der Waals surface area (Å²) in [5.74, 6) is 0. The van der Waals surface area contributed by atoms with Gasteiger partial charge in [-0.3, -0.25) is 0 Å². The molecule has 0 aliphatic rings. The Kier molecular flexibility index (Phi) is 4.80. The van der Waals surface area contributed by atoms with Gasteiger partial charge in [-0.05, 0) is 40.5 Å². The maximum absolute atomic E-state index is 13.0. The fourth-order valence-electron chi connectivity index (χ4n) is 2.65. The van der Waals surface area contributed by atoms with Crippen LogP contribution in [0.3, 0.4) is 0 Å². The van der Waals surface area contributed by atoms with Crippen molar-refractivity contribution in [2.45, 2.75) is 12.4 Å². The van der Waals surface area contributed by atoms with Crippen LogP contribution in [-0.2, 0) is 12.4 Å². The lowest BCUT2D eigenvalue weighted by Gasteiger charge is -2.14. The zero-order valence-electron chi connectivity index (χ0n) is 13.7. The zero-order chi connectivity index (χ0) is 19.8. The Morgan fingerprint density at radius 1 is 0.481 bits per heavy atom. The standard InChI is InChI=1S/C20H11BF6/c21-18-7-5-13(6-8-18)12-1-3-14(4-2-12)15-9-16(19(22,23)24)11-17(10-15)20(25,26)27/h1-11H. The summed E-state index contributed by atoms with van der Waals surface area (Å²) >= 11 is 0. The molecule has 2 radical (unpaired) electrons. The molecule has 0 aromatic heterocycles. The van der Waals surface area contributed by atoms with Crippen molar-refractivity contribution in [3.63, 3.8) is 0 Å². The minimum Gasteiger partial charge on any atom is -0.166 e. The molecular formula is C20H11BF6. The van der Waals surface area contributed by atoms with Crippen molar-refractivity contribution in [3.8, 4) is 22.3 Å². The van der Waals surface area contributed by atoms with Crippen LogP contribution < -0.4 is 5.46 Å². The monoisotopic (exact) mass is 376 g/mol. The van der Waals surface area contributed by atoms with Crippen LogP contribution in [0.4, 0.5) is 26.3 Å². The first kappa shape index (κ1) is 19.1. The lowest BCUT2D eigenvalue weighted by atomic mass is 9.93. The summed E-state index contributed by atoms with van der Waals surface area (Å²) < 4.78 is 78.0.